The Morgan fingerprint density at radius 3 is 2.22 bits per heavy atom. The number of benzene rings is 2. The lowest BCUT2D eigenvalue weighted by molar-refractivity contribution is 0.626. The van der Waals surface area contributed by atoms with Gasteiger partial charge in [-0.2, -0.15) is 5.26 Å². The molecule has 0 aromatic heterocycles. The smallest absolute Gasteiger partial charge is 0.123 e. The highest BCUT2D eigenvalue weighted by molar-refractivity contribution is 9.10. The number of hydrogen-bond acceptors (Lipinski definition) is 1. The van der Waals surface area contributed by atoms with E-state index in [1.54, 1.807) is 12.1 Å². The second kappa shape index (κ2) is 5.79. The minimum Gasteiger partial charge on any atom is -0.207 e. The molecule has 0 aliphatic rings. The zero-order chi connectivity index (χ0) is 13.0. The Morgan fingerprint density at radius 1 is 1.06 bits per heavy atom. The summed E-state index contributed by atoms with van der Waals surface area (Å²) >= 11 is 3.37. The fourth-order valence-corrected chi connectivity index (χ4v) is 2.05. The Bertz CT molecular complexity index is 555. The molecule has 0 saturated heterocycles. The van der Waals surface area contributed by atoms with E-state index in [1.807, 2.05) is 24.3 Å². The summed E-state index contributed by atoms with van der Waals surface area (Å²) in [5.74, 6) is -0.522. The standard InChI is InChI=1S/C15H11BrFN/c16-14-5-1-11(2-6-14)9-13(10-18)12-3-7-15(17)8-4-12/h1-8,13H,9H2. The van der Waals surface area contributed by atoms with Crippen molar-refractivity contribution < 1.29 is 4.39 Å². The zero-order valence-corrected chi connectivity index (χ0v) is 11.2. The van der Waals surface area contributed by atoms with Crippen LogP contribution in [0.25, 0.3) is 0 Å². The topological polar surface area (TPSA) is 23.8 Å². The first-order valence-corrected chi connectivity index (χ1v) is 6.38. The van der Waals surface area contributed by atoms with Crippen molar-refractivity contribution in [2.24, 2.45) is 0 Å². The highest BCUT2D eigenvalue weighted by Crippen LogP contribution is 2.21. The molecule has 0 spiro atoms. The lowest BCUT2D eigenvalue weighted by Gasteiger charge is -2.09. The summed E-state index contributed by atoms with van der Waals surface area (Å²) in [7, 11) is 0. The van der Waals surface area contributed by atoms with Crippen molar-refractivity contribution in [3.8, 4) is 6.07 Å². The average Bonchev–Trinajstić information content (AvgIpc) is 2.39. The number of nitrogens with zero attached hydrogens (tertiary/aromatic N) is 1. The van der Waals surface area contributed by atoms with Gasteiger partial charge in [0.1, 0.15) is 5.82 Å². The molecule has 0 aliphatic heterocycles. The third-order valence-corrected chi connectivity index (χ3v) is 3.31. The molecule has 0 bridgehead atoms. The maximum atomic E-state index is 12.8. The lowest BCUT2D eigenvalue weighted by atomic mass is 9.93. The van der Waals surface area contributed by atoms with E-state index in [0.29, 0.717) is 6.42 Å². The van der Waals surface area contributed by atoms with Crippen molar-refractivity contribution in [1.29, 1.82) is 5.26 Å². The number of nitriles is 1. The van der Waals surface area contributed by atoms with Crippen LogP contribution in [0.2, 0.25) is 0 Å². The van der Waals surface area contributed by atoms with Gasteiger partial charge in [0.15, 0.2) is 0 Å². The van der Waals surface area contributed by atoms with Crippen LogP contribution in [0.3, 0.4) is 0 Å². The van der Waals surface area contributed by atoms with E-state index >= 15 is 0 Å². The van der Waals surface area contributed by atoms with E-state index < -0.39 is 0 Å². The molecule has 3 heteroatoms. The van der Waals surface area contributed by atoms with Crippen LogP contribution in [0.5, 0.6) is 0 Å². The summed E-state index contributed by atoms with van der Waals surface area (Å²) in [5, 5.41) is 9.21. The third-order valence-electron chi connectivity index (χ3n) is 2.78. The van der Waals surface area contributed by atoms with Gasteiger partial charge in [-0.25, -0.2) is 4.39 Å². The van der Waals surface area contributed by atoms with Crippen LogP contribution in [0.1, 0.15) is 17.0 Å². The highest BCUT2D eigenvalue weighted by Gasteiger charge is 2.11. The Kier molecular flexibility index (Phi) is 4.11. The molecule has 2 rings (SSSR count). The van der Waals surface area contributed by atoms with Gasteiger partial charge in [0.25, 0.3) is 0 Å². The first-order chi connectivity index (χ1) is 8.69. The van der Waals surface area contributed by atoms with Crippen LogP contribution >= 0.6 is 15.9 Å². The van der Waals surface area contributed by atoms with Crippen molar-refractivity contribution in [3.05, 3.63) is 69.9 Å². The Labute approximate surface area is 114 Å². The molecule has 2 aromatic carbocycles. The first-order valence-electron chi connectivity index (χ1n) is 5.58. The molecule has 0 aliphatic carbocycles. The van der Waals surface area contributed by atoms with E-state index in [2.05, 4.69) is 22.0 Å². The summed E-state index contributed by atoms with van der Waals surface area (Å²) in [6.07, 6.45) is 0.634. The normalized spacial score (nSPS) is 11.8. The van der Waals surface area contributed by atoms with Gasteiger partial charge in [-0.3, -0.25) is 0 Å². The third kappa shape index (κ3) is 3.18. The van der Waals surface area contributed by atoms with Crippen molar-refractivity contribution >= 4 is 15.9 Å². The predicted octanol–water partition coefficient (Wildman–Crippen LogP) is 4.44. The van der Waals surface area contributed by atoms with Gasteiger partial charge in [-0.15, -0.1) is 0 Å². The fraction of sp³-hybridized carbons (Fsp3) is 0.133. The summed E-state index contributed by atoms with van der Waals surface area (Å²) in [4.78, 5) is 0. The predicted molar refractivity (Wildman–Crippen MR) is 72.6 cm³/mol. The van der Waals surface area contributed by atoms with Gasteiger partial charge in [-0.1, -0.05) is 40.2 Å². The van der Waals surface area contributed by atoms with Crippen molar-refractivity contribution in [1.82, 2.24) is 0 Å². The number of hydrogen-bond donors (Lipinski definition) is 0. The second-order valence-corrected chi connectivity index (χ2v) is 4.98. The molecule has 0 N–H and O–H groups in total. The summed E-state index contributed by atoms with van der Waals surface area (Å²) in [6.45, 7) is 0. The van der Waals surface area contributed by atoms with E-state index in [0.717, 1.165) is 15.6 Å². The first kappa shape index (κ1) is 12.8. The van der Waals surface area contributed by atoms with Gasteiger partial charge in [0, 0.05) is 4.47 Å². The number of rotatable bonds is 3. The molecule has 0 saturated carbocycles. The molecular formula is C15H11BrFN. The minimum atomic E-state index is -0.279. The van der Waals surface area contributed by atoms with Crippen LogP contribution in [-0.2, 0) is 6.42 Å². The monoisotopic (exact) mass is 303 g/mol. The molecule has 0 fully saturated rings. The summed E-state index contributed by atoms with van der Waals surface area (Å²) in [6, 6.07) is 16.3. The lowest BCUT2D eigenvalue weighted by Crippen LogP contribution is -2.00. The van der Waals surface area contributed by atoms with Crippen molar-refractivity contribution in [3.63, 3.8) is 0 Å². The fourth-order valence-electron chi connectivity index (χ4n) is 1.79. The maximum Gasteiger partial charge on any atom is 0.123 e. The molecule has 90 valence electrons. The molecule has 0 heterocycles. The quantitative estimate of drug-likeness (QED) is 0.822. The van der Waals surface area contributed by atoms with E-state index in [-0.39, 0.29) is 11.7 Å². The SMILES string of the molecule is N#CC(Cc1ccc(Br)cc1)c1ccc(F)cc1. The summed E-state index contributed by atoms with van der Waals surface area (Å²) < 4.78 is 13.9. The second-order valence-electron chi connectivity index (χ2n) is 4.06. The average molecular weight is 304 g/mol. The maximum absolute atomic E-state index is 12.8. The zero-order valence-electron chi connectivity index (χ0n) is 9.61. The highest BCUT2D eigenvalue weighted by atomic mass is 79.9. The summed E-state index contributed by atoms with van der Waals surface area (Å²) in [5.41, 5.74) is 1.94. The van der Waals surface area contributed by atoms with Gasteiger partial charge in [-0.05, 0) is 41.8 Å². The number of halogens is 2. The molecule has 18 heavy (non-hydrogen) atoms. The molecule has 1 unspecified atom stereocenters. The molecule has 0 amide bonds. The van der Waals surface area contributed by atoms with Crippen LogP contribution in [0.15, 0.2) is 53.0 Å². The molecular weight excluding hydrogens is 293 g/mol. The van der Waals surface area contributed by atoms with Gasteiger partial charge >= 0.3 is 0 Å². The Hall–Kier alpha value is -1.66. The largest absolute Gasteiger partial charge is 0.207 e. The van der Waals surface area contributed by atoms with Crippen LogP contribution in [0, 0.1) is 17.1 Å². The van der Waals surface area contributed by atoms with Gasteiger partial charge < -0.3 is 0 Å². The van der Waals surface area contributed by atoms with Crippen molar-refractivity contribution in [2.75, 3.05) is 0 Å². The van der Waals surface area contributed by atoms with Crippen LogP contribution in [-0.4, -0.2) is 0 Å². The van der Waals surface area contributed by atoms with Crippen LogP contribution < -0.4 is 0 Å². The Morgan fingerprint density at radius 2 is 1.67 bits per heavy atom. The molecule has 2 aromatic rings. The van der Waals surface area contributed by atoms with Gasteiger partial charge in [0.2, 0.25) is 0 Å². The van der Waals surface area contributed by atoms with Crippen molar-refractivity contribution in [2.45, 2.75) is 12.3 Å². The molecule has 0 radical (unpaired) electrons. The molecule has 1 atom stereocenters. The van der Waals surface area contributed by atoms with E-state index in [1.165, 1.54) is 12.1 Å². The van der Waals surface area contributed by atoms with Crippen LogP contribution in [0.4, 0.5) is 4.39 Å². The van der Waals surface area contributed by atoms with E-state index in [9.17, 15) is 9.65 Å². The molecule has 1 nitrogen and oxygen atoms in total. The Balaban J connectivity index is 2.17. The minimum absolute atomic E-state index is 0.244. The van der Waals surface area contributed by atoms with E-state index in [4.69, 9.17) is 0 Å². The van der Waals surface area contributed by atoms with Gasteiger partial charge in [0.05, 0.1) is 12.0 Å².